The van der Waals surface area contributed by atoms with Crippen LogP contribution >= 0.6 is 0 Å². The summed E-state index contributed by atoms with van der Waals surface area (Å²) in [6, 6.07) is 0. The molecule has 1 saturated carbocycles. The Balaban J connectivity index is 1.55. The number of carbonyl (C=O) groups excluding carboxylic acids is 1. The molecule has 1 aliphatic heterocycles. The molecule has 0 radical (unpaired) electrons. The zero-order chi connectivity index (χ0) is 17.8. The third-order valence-corrected chi connectivity index (χ3v) is 5.14. The number of hydrogen-bond donors (Lipinski definition) is 0. The monoisotopic (exact) mass is 352 g/mol. The number of morpholine rings is 1. The predicted octanol–water partition coefficient (Wildman–Crippen LogP) is 2.53. The lowest BCUT2D eigenvalue weighted by atomic mass is 9.75. The van der Waals surface area contributed by atoms with Crippen LogP contribution in [0.4, 0.5) is 10.7 Å². The molecule has 0 N–H and O–H groups in total. The van der Waals surface area contributed by atoms with Crippen molar-refractivity contribution in [3.8, 4) is 0 Å². The number of hydrogen-bond acceptors (Lipinski definition) is 6. The first-order valence-electron chi connectivity index (χ1n) is 9.17. The topological polar surface area (TPSA) is 82.8 Å². The molecule has 1 amide bonds. The molecule has 1 aromatic heterocycles. The van der Waals surface area contributed by atoms with Crippen LogP contribution in [0.5, 0.6) is 0 Å². The smallest absolute Gasteiger partial charge is 0.257 e. The minimum atomic E-state index is -0.602. The Morgan fingerprint density at radius 3 is 2.88 bits per heavy atom. The zero-order valence-electron chi connectivity index (χ0n) is 15.3. The summed E-state index contributed by atoms with van der Waals surface area (Å²) in [5.74, 6) is 1.60. The minimum absolute atomic E-state index is 0.0747. The van der Waals surface area contributed by atoms with E-state index in [4.69, 9.17) is 14.0 Å². The van der Waals surface area contributed by atoms with E-state index in [1.807, 2.05) is 5.01 Å². The summed E-state index contributed by atoms with van der Waals surface area (Å²) >= 11 is 0. The van der Waals surface area contributed by atoms with Crippen LogP contribution in [0.25, 0.3) is 5.32 Å². The zero-order valence-corrected chi connectivity index (χ0v) is 15.3. The molecule has 1 aliphatic carbocycles. The first-order chi connectivity index (χ1) is 12.0. The molecule has 140 valence electrons. The second kappa shape index (κ2) is 8.03. The summed E-state index contributed by atoms with van der Waals surface area (Å²) in [5.41, 5.74) is 0. The molecule has 0 spiro atoms. The van der Waals surface area contributed by atoms with Crippen LogP contribution < -0.4 is 9.80 Å². The van der Waals surface area contributed by atoms with Gasteiger partial charge in [-0.1, -0.05) is 27.2 Å². The highest BCUT2D eigenvalue weighted by Crippen LogP contribution is 2.36. The molecule has 1 saturated heterocycles. The van der Waals surface area contributed by atoms with Crippen LogP contribution in [0.15, 0.2) is 10.7 Å². The fraction of sp³-hybridized carbons (Fsp3) is 0.824. The van der Waals surface area contributed by atoms with Gasteiger partial charge in [0.05, 0.1) is 31.1 Å². The van der Waals surface area contributed by atoms with E-state index in [0.717, 1.165) is 25.9 Å². The van der Waals surface area contributed by atoms with Crippen molar-refractivity contribution in [1.82, 2.24) is 5.27 Å². The Morgan fingerprint density at radius 1 is 1.40 bits per heavy atom. The molecule has 2 heterocycles. The third-order valence-electron chi connectivity index (χ3n) is 5.14. The van der Waals surface area contributed by atoms with E-state index in [2.05, 4.69) is 31.4 Å². The highest BCUT2D eigenvalue weighted by molar-refractivity contribution is 5.88. The molecule has 0 bridgehead atoms. The molecule has 8 heteroatoms. The Labute approximate surface area is 148 Å². The Hall–Kier alpha value is -1.83. The second-order valence-corrected chi connectivity index (χ2v) is 7.39. The minimum Gasteiger partial charge on any atom is -0.552 e. The van der Waals surface area contributed by atoms with Gasteiger partial charge >= 0.3 is 0 Å². The van der Waals surface area contributed by atoms with E-state index in [0.29, 0.717) is 31.0 Å². The normalized spacial score (nSPS) is 27.4. The van der Waals surface area contributed by atoms with Crippen molar-refractivity contribution in [2.45, 2.75) is 46.1 Å². The van der Waals surface area contributed by atoms with Gasteiger partial charge in [-0.3, -0.25) is 4.79 Å². The third kappa shape index (κ3) is 4.62. The number of ether oxygens (including phenoxy) is 2. The van der Waals surface area contributed by atoms with Crippen LogP contribution in [-0.2, 0) is 9.47 Å². The molecule has 3 unspecified atom stereocenters. The van der Waals surface area contributed by atoms with Gasteiger partial charge < -0.3 is 19.3 Å². The molecule has 0 aromatic carbocycles. The van der Waals surface area contributed by atoms with Crippen molar-refractivity contribution >= 4 is 12.0 Å². The van der Waals surface area contributed by atoms with Crippen LogP contribution in [0.1, 0.15) is 40.0 Å². The van der Waals surface area contributed by atoms with Crippen LogP contribution in [0, 0.1) is 17.8 Å². The predicted molar refractivity (Wildman–Crippen MR) is 90.1 cm³/mol. The van der Waals surface area contributed by atoms with Gasteiger partial charge in [-0.25, -0.2) is 0 Å². The molecule has 2 fully saturated rings. The fourth-order valence-electron chi connectivity index (χ4n) is 3.67. The summed E-state index contributed by atoms with van der Waals surface area (Å²) in [4.78, 5) is 13.8. The first kappa shape index (κ1) is 18.0. The number of amides is 1. The van der Waals surface area contributed by atoms with Gasteiger partial charge in [0.15, 0.2) is 0 Å². The SMILES string of the molecule is CC1CCC(C(C)C)C(OC(=O)[N-]c2c[n+](N3CCOCC3)no2)C1. The van der Waals surface area contributed by atoms with Gasteiger partial charge in [0, 0.05) is 0 Å². The van der Waals surface area contributed by atoms with Gasteiger partial charge in [0.25, 0.3) is 6.20 Å². The maximum Gasteiger partial charge on any atom is 0.257 e. The Kier molecular flexibility index (Phi) is 5.78. The van der Waals surface area contributed by atoms with Gasteiger partial charge in [-0.2, -0.15) is 0 Å². The highest BCUT2D eigenvalue weighted by Gasteiger charge is 2.32. The fourth-order valence-corrected chi connectivity index (χ4v) is 3.67. The van der Waals surface area contributed by atoms with E-state index in [9.17, 15) is 4.79 Å². The van der Waals surface area contributed by atoms with Crippen molar-refractivity contribution in [1.29, 1.82) is 0 Å². The van der Waals surface area contributed by atoms with E-state index in [-0.39, 0.29) is 12.0 Å². The maximum absolute atomic E-state index is 12.2. The van der Waals surface area contributed by atoms with Crippen LogP contribution in [0.2, 0.25) is 0 Å². The highest BCUT2D eigenvalue weighted by atomic mass is 16.6. The van der Waals surface area contributed by atoms with Crippen molar-refractivity contribution in [3.05, 3.63) is 11.5 Å². The molecular weight excluding hydrogens is 324 g/mol. The largest absolute Gasteiger partial charge is 0.552 e. The van der Waals surface area contributed by atoms with E-state index < -0.39 is 6.09 Å². The molecule has 2 aliphatic rings. The van der Waals surface area contributed by atoms with E-state index in [1.165, 1.54) is 6.42 Å². The van der Waals surface area contributed by atoms with Gasteiger partial charge in [0.1, 0.15) is 12.0 Å². The summed E-state index contributed by atoms with van der Waals surface area (Å²) in [5, 5.41) is 9.79. The van der Waals surface area contributed by atoms with Gasteiger partial charge in [-0.15, -0.1) is 5.01 Å². The summed E-state index contributed by atoms with van der Waals surface area (Å²) < 4.78 is 16.1. The van der Waals surface area contributed by atoms with Crippen molar-refractivity contribution in [3.63, 3.8) is 0 Å². The summed E-state index contributed by atoms with van der Waals surface area (Å²) in [6.07, 6.45) is 4.10. The lowest BCUT2D eigenvalue weighted by molar-refractivity contribution is -0.759. The number of rotatable bonds is 4. The first-order valence-corrected chi connectivity index (χ1v) is 9.17. The lowest BCUT2D eigenvalue weighted by Gasteiger charge is -2.37. The quantitative estimate of drug-likeness (QED) is 0.775. The van der Waals surface area contributed by atoms with Crippen molar-refractivity contribution in [2.24, 2.45) is 17.8 Å². The molecule has 25 heavy (non-hydrogen) atoms. The molecule has 8 nitrogen and oxygen atoms in total. The van der Waals surface area contributed by atoms with Gasteiger partial charge in [-0.05, 0) is 30.6 Å². The number of aromatic nitrogens is 2. The molecular formula is C17H28N4O4. The lowest BCUT2D eigenvalue weighted by Crippen LogP contribution is -2.62. The standard InChI is InChI=1S/C17H28N4O4/c1-12(2)14-5-4-13(3)10-15(14)24-17(22)18-16-11-21(19-25-16)20-6-8-23-9-7-20/h11-15H,4-10H2,1-3H3. The van der Waals surface area contributed by atoms with Crippen molar-refractivity contribution in [2.75, 3.05) is 31.3 Å². The summed E-state index contributed by atoms with van der Waals surface area (Å²) in [6.45, 7) is 9.29. The van der Waals surface area contributed by atoms with Gasteiger partial charge in [0.2, 0.25) is 11.4 Å². The average Bonchev–Trinajstić information content (AvgIpc) is 3.03. The number of nitrogens with zero attached hydrogens (tertiary/aromatic N) is 4. The van der Waals surface area contributed by atoms with E-state index >= 15 is 0 Å². The molecule has 1 aromatic rings. The molecule has 3 rings (SSSR count). The maximum atomic E-state index is 12.2. The Bertz CT molecular complexity index is 571. The number of carbonyl (C=O) groups is 1. The van der Waals surface area contributed by atoms with E-state index in [1.54, 1.807) is 11.0 Å². The average molecular weight is 352 g/mol. The second-order valence-electron chi connectivity index (χ2n) is 7.39. The van der Waals surface area contributed by atoms with Crippen LogP contribution in [-0.4, -0.2) is 43.8 Å². The van der Waals surface area contributed by atoms with Crippen LogP contribution in [0.3, 0.4) is 0 Å². The summed E-state index contributed by atoms with van der Waals surface area (Å²) in [7, 11) is 0. The molecule has 3 atom stereocenters. The Morgan fingerprint density at radius 2 is 2.16 bits per heavy atom. The van der Waals surface area contributed by atoms with Crippen molar-refractivity contribution < 1.29 is 23.6 Å².